The summed E-state index contributed by atoms with van der Waals surface area (Å²) in [5.74, 6) is 0.605. The first-order chi connectivity index (χ1) is 11.2. The van der Waals surface area contributed by atoms with Crippen LogP contribution in [0.1, 0.15) is 55.5 Å². The van der Waals surface area contributed by atoms with Crippen molar-refractivity contribution in [3.63, 3.8) is 0 Å². The summed E-state index contributed by atoms with van der Waals surface area (Å²) >= 11 is 0. The molecule has 4 nitrogen and oxygen atoms in total. The van der Waals surface area contributed by atoms with Crippen LogP contribution < -0.4 is 5.32 Å². The number of imidazole rings is 1. The fraction of sp³-hybridized carbons (Fsp3) is 0.474. The summed E-state index contributed by atoms with van der Waals surface area (Å²) in [7, 11) is 0. The smallest absolute Gasteiger partial charge is 0.251 e. The summed E-state index contributed by atoms with van der Waals surface area (Å²) in [5.41, 5.74) is 1.89. The molecule has 0 aliphatic carbocycles. The van der Waals surface area contributed by atoms with Crippen LogP contribution in [0.15, 0.2) is 43.0 Å². The van der Waals surface area contributed by atoms with E-state index in [1.165, 1.54) is 19.3 Å². The van der Waals surface area contributed by atoms with E-state index in [0.29, 0.717) is 5.92 Å². The fourth-order valence-corrected chi connectivity index (χ4v) is 2.64. The highest BCUT2D eigenvalue weighted by Gasteiger charge is 2.10. The molecule has 0 spiro atoms. The van der Waals surface area contributed by atoms with E-state index in [9.17, 15) is 4.79 Å². The van der Waals surface area contributed by atoms with Crippen molar-refractivity contribution in [2.75, 3.05) is 6.54 Å². The van der Waals surface area contributed by atoms with Gasteiger partial charge in [-0.1, -0.05) is 45.2 Å². The minimum atomic E-state index is 0.0223. The molecule has 23 heavy (non-hydrogen) atoms. The van der Waals surface area contributed by atoms with Crippen molar-refractivity contribution >= 4 is 5.91 Å². The monoisotopic (exact) mass is 313 g/mol. The van der Waals surface area contributed by atoms with Crippen molar-refractivity contribution < 1.29 is 4.79 Å². The van der Waals surface area contributed by atoms with Gasteiger partial charge in [0.15, 0.2) is 0 Å². The minimum absolute atomic E-state index is 0.0223. The molecule has 1 atom stereocenters. The van der Waals surface area contributed by atoms with E-state index in [4.69, 9.17) is 0 Å². The van der Waals surface area contributed by atoms with Gasteiger partial charge < -0.3 is 9.88 Å². The standard InChI is InChI=1S/C19H27N3O/c1-3-5-6-16(4-2)13-21-19(23)18-9-7-17(8-10-18)14-22-12-11-20-15-22/h7-12,15-16H,3-6,13-14H2,1-2H3,(H,21,23). The van der Waals surface area contributed by atoms with E-state index >= 15 is 0 Å². The Morgan fingerprint density at radius 2 is 2.04 bits per heavy atom. The molecule has 0 saturated heterocycles. The number of hydrogen-bond donors (Lipinski definition) is 1. The molecule has 0 fully saturated rings. The van der Waals surface area contributed by atoms with Crippen molar-refractivity contribution in [1.29, 1.82) is 0 Å². The van der Waals surface area contributed by atoms with Crippen molar-refractivity contribution in [2.45, 2.75) is 46.1 Å². The molecule has 1 aromatic carbocycles. The Labute approximate surface area is 138 Å². The molecule has 1 N–H and O–H groups in total. The van der Waals surface area contributed by atoms with Crippen molar-refractivity contribution in [3.05, 3.63) is 54.1 Å². The number of amides is 1. The van der Waals surface area contributed by atoms with Crippen LogP contribution in [0.2, 0.25) is 0 Å². The fourth-order valence-electron chi connectivity index (χ4n) is 2.64. The molecule has 1 heterocycles. The number of carbonyl (C=O) groups is 1. The lowest BCUT2D eigenvalue weighted by molar-refractivity contribution is 0.0946. The summed E-state index contributed by atoms with van der Waals surface area (Å²) in [5, 5.41) is 3.07. The second-order valence-electron chi connectivity index (χ2n) is 6.06. The number of aromatic nitrogens is 2. The largest absolute Gasteiger partial charge is 0.352 e. The first kappa shape index (κ1) is 17.3. The zero-order valence-electron chi connectivity index (χ0n) is 14.2. The van der Waals surface area contributed by atoms with Gasteiger partial charge in [-0.2, -0.15) is 0 Å². The van der Waals surface area contributed by atoms with Gasteiger partial charge in [-0.3, -0.25) is 4.79 Å². The number of carbonyl (C=O) groups excluding carboxylic acids is 1. The molecular weight excluding hydrogens is 286 g/mol. The Hall–Kier alpha value is -2.10. The molecule has 0 bridgehead atoms. The Balaban J connectivity index is 1.84. The number of hydrogen-bond acceptors (Lipinski definition) is 2. The third-order valence-electron chi connectivity index (χ3n) is 4.24. The molecule has 0 aliphatic heterocycles. The molecule has 0 radical (unpaired) electrons. The predicted molar refractivity (Wildman–Crippen MR) is 93.4 cm³/mol. The average Bonchev–Trinajstić information content (AvgIpc) is 3.08. The average molecular weight is 313 g/mol. The molecule has 1 aromatic heterocycles. The predicted octanol–water partition coefficient (Wildman–Crippen LogP) is 3.88. The summed E-state index contributed by atoms with van der Waals surface area (Å²) in [6, 6.07) is 7.80. The summed E-state index contributed by atoms with van der Waals surface area (Å²) in [6.07, 6.45) is 10.2. The first-order valence-electron chi connectivity index (χ1n) is 8.55. The van der Waals surface area contributed by atoms with Gasteiger partial charge in [0.2, 0.25) is 0 Å². The van der Waals surface area contributed by atoms with E-state index in [2.05, 4.69) is 24.1 Å². The zero-order valence-corrected chi connectivity index (χ0v) is 14.2. The van der Waals surface area contributed by atoms with E-state index in [0.717, 1.165) is 30.6 Å². The van der Waals surface area contributed by atoms with Crippen LogP contribution in [0.4, 0.5) is 0 Å². The van der Waals surface area contributed by atoms with Gasteiger partial charge >= 0.3 is 0 Å². The normalized spacial score (nSPS) is 12.1. The molecule has 2 aromatic rings. The number of nitrogens with zero attached hydrogens (tertiary/aromatic N) is 2. The van der Waals surface area contributed by atoms with E-state index < -0.39 is 0 Å². The molecule has 2 rings (SSSR count). The van der Waals surface area contributed by atoms with Gasteiger partial charge in [-0.15, -0.1) is 0 Å². The molecular formula is C19H27N3O. The Morgan fingerprint density at radius 3 is 2.65 bits per heavy atom. The molecule has 124 valence electrons. The van der Waals surface area contributed by atoms with Crippen molar-refractivity contribution in [3.8, 4) is 0 Å². The zero-order chi connectivity index (χ0) is 16.5. The third-order valence-corrected chi connectivity index (χ3v) is 4.24. The summed E-state index contributed by atoms with van der Waals surface area (Å²) in [6.45, 7) is 5.94. The molecule has 4 heteroatoms. The van der Waals surface area contributed by atoms with E-state index in [-0.39, 0.29) is 5.91 Å². The van der Waals surface area contributed by atoms with Gasteiger partial charge in [0.25, 0.3) is 5.91 Å². The quantitative estimate of drug-likeness (QED) is 0.763. The van der Waals surface area contributed by atoms with Crippen LogP contribution in [0.5, 0.6) is 0 Å². The van der Waals surface area contributed by atoms with E-state index in [1.54, 1.807) is 12.5 Å². The Kier molecular flexibility index (Phi) is 6.85. The van der Waals surface area contributed by atoms with Gasteiger partial charge in [0.1, 0.15) is 0 Å². The molecule has 0 saturated carbocycles. The molecule has 1 amide bonds. The maximum Gasteiger partial charge on any atom is 0.251 e. The lowest BCUT2D eigenvalue weighted by atomic mass is 9.99. The topological polar surface area (TPSA) is 46.9 Å². The SMILES string of the molecule is CCCCC(CC)CNC(=O)c1ccc(Cn2ccnc2)cc1. The van der Waals surface area contributed by atoms with Crippen LogP contribution in [0.3, 0.4) is 0 Å². The summed E-state index contributed by atoms with van der Waals surface area (Å²) in [4.78, 5) is 16.3. The maximum absolute atomic E-state index is 12.2. The van der Waals surface area contributed by atoms with Crippen LogP contribution >= 0.6 is 0 Å². The third kappa shape index (κ3) is 5.55. The lowest BCUT2D eigenvalue weighted by Crippen LogP contribution is -2.29. The highest BCUT2D eigenvalue weighted by atomic mass is 16.1. The van der Waals surface area contributed by atoms with Crippen molar-refractivity contribution in [2.24, 2.45) is 5.92 Å². The van der Waals surface area contributed by atoms with Crippen LogP contribution in [0, 0.1) is 5.92 Å². The van der Waals surface area contributed by atoms with Crippen LogP contribution in [-0.4, -0.2) is 22.0 Å². The lowest BCUT2D eigenvalue weighted by Gasteiger charge is -2.15. The Morgan fingerprint density at radius 1 is 1.26 bits per heavy atom. The van der Waals surface area contributed by atoms with Crippen LogP contribution in [-0.2, 0) is 6.54 Å². The Bertz CT molecular complexity index is 575. The highest BCUT2D eigenvalue weighted by molar-refractivity contribution is 5.94. The van der Waals surface area contributed by atoms with E-state index in [1.807, 2.05) is 35.0 Å². The van der Waals surface area contributed by atoms with Gasteiger partial charge in [0, 0.05) is 31.0 Å². The highest BCUT2D eigenvalue weighted by Crippen LogP contribution is 2.12. The minimum Gasteiger partial charge on any atom is -0.352 e. The van der Waals surface area contributed by atoms with Gasteiger partial charge in [0.05, 0.1) is 6.33 Å². The number of benzene rings is 1. The second kappa shape index (κ2) is 9.13. The van der Waals surface area contributed by atoms with Crippen LogP contribution in [0.25, 0.3) is 0 Å². The maximum atomic E-state index is 12.2. The second-order valence-corrected chi connectivity index (χ2v) is 6.06. The summed E-state index contributed by atoms with van der Waals surface area (Å²) < 4.78 is 2.01. The van der Waals surface area contributed by atoms with Gasteiger partial charge in [-0.05, 0) is 30.0 Å². The van der Waals surface area contributed by atoms with Gasteiger partial charge in [-0.25, -0.2) is 4.98 Å². The first-order valence-corrected chi connectivity index (χ1v) is 8.55. The molecule has 0 aliphatic rings. The molecule has 1 unspecified atom stereocenters. The number of nitrogens with one attached hydrogen (secondary N) is 1. The number of unbranched alkanes of at least 4 members (excludes halogenated alkanes) is 1. The number of rotatable bonds is 9. The van der Waals surface area contributed by atoms with Crippen molar-refractivity contribution in [1.82, 2.24) is 14.9 Å².